The van der Waals surface area contributed by atoms with Crippen molar-refractivity contribution < 1.29 is 4.79 Å². The van der Waals surface area contributed by atoms with E-state index >= 15 is 0 Å². The van der Waals surface area contributed by atoms with Crippen LogP contribution in [0.2, 0.25) is 0 Å². The Morgan fingerprint density at radius 2 is 2.35 bits per heavy atom. The van der Waals surface area contributed by atoms with Gasteiger partial charge in [0.2, 0.25) is 5.91 Å². The third-order valence-electron chi connectivity index (χ3n) is 4.82. The number of carbonyl (C=O) groups is 1. The summed E-state index contributed by atoms with van der Waals surface area (Å²) < 4.78 is 1.08. The highest BCUT2D eigenvalue weighted by Gasteiger charge is 2.25. The highest BCUT2D eigenvalue weighted by molar-refractivity contribution is 9.10. The Bertz CT molecular complexity index is 560. The number of halogens is 1. The number of rotatable bonds is 4. The first-order valence-corrected chi connectivity index (χ1v) is 9.31. The van der Waals surface area contributed by atoms with Crippen LogP contribution in [0.15, 0.2) is 16.7 Å². The summed E-state index contributed by atoms with van der Waals surface area (Å²) in [6.07, 6.45) is 6.24. The summed E-state index contributed by atoms with van der Waals surface area (Å²) in [6, 6.07) is 2.03. The lowest BCUT2D eigenvalue weighted by atomic mass is 9.97. The van der Waals surface area contributed by atoms with Crippen molar-refractivity contribution in [1.29, 1.82) is 0 Å². The van der Waals surface area contributed by atoms with Crippen LogP contribution in [0.25, 0.3) is 0 Å². The van der Waals surface area contributed by atoms with Gasteiger partial charge in [-0.2, -0.15) is 0 Å². The van der Waals surface area contributed by atoms with Crippen LogP contribution in [0.3, 0.4) is 0 Å². The van der Waals surface area contributed by atoms with Crippen molar-refractivity contribution in [2.45, 2.75) is 38.6 Å². The minimum atomic E-state index is 0.0160. The molecule has 1 aromatic rings. The summed E-state index contributed by atoms with van der Waals surface area (Å²) in [4.78, 5) is 19.0. The van der Waals surface area contributed by atoms with Crippen LogP contribution in [0.4, 0.5) is 5.82 Å². The lowest BCUT2D eigenvalue weighted by molar-refractivity contribution is -0.122. The Balaban J connectivity index is 1.55. The number of nitrogens with zero attached hydrogens (tertiary/aromatic N) is 2. The molecular weight excluding hydrogens is 356 g/mol. The van der Waals surface area contributed by atoms with E-state index in [1.54, 1.807) is 0 Å². The molecule has 2 unspecified atom stereocenters. The molecule has 0 bridgehead atoms. The van der Waals surface area contributed by atoms with Crippen LogP contribution in [0.5, 0.6) is 0 Å². The fourth-order valence-corrected chi connectivity index (χ4v) is 3.93. The van der Waals surface area contributed by atoms with E-state index in [9.17, 15) is 4.79 Å². The third kappa shape index (κ3) is 4.04. The van der Waals surface area contributed by atoms with Gasteiger partial charge in [-0.3, -0.25) is 4.79 Å². The van der Waals surface area contributed by atoms with Gasteiger partial charge in [-0.15, -0.1) is 0 Å². The molecule has 0 aliphatic carbocycles. The van der Waals surface area contributed by atoms with Gasteiger partial charge in [0.05, 0.1) is 10.5 Å². The lowest BCUT2D eigenvalue weighted by Gasteiger charge is -2.34. The molecule has 2 saturated heterocycles. The van der Waals surface area contributed by atoms with Crippen molar-refractivity contribution in [3.63, 3.8) is 0 Å². The molecule has 23 heavy (non-hydrogen) atoms. The first-order valence-electron chi connectivity index (χ1n) is 8.52. The van der Waals surface area contributed by atoms with E-state index in [0.717, 1.165) is 62.2 Å². The second kappa shape index (κ2) is 7.62. The Hall–Kier alpha value is -1.14. The van der Waals surface area contributed by atoms with Gasteiger partial charge in [-0.05, 0) is 72.6 Å². The van der Waals surface area contributed by atoms with Crippen LogP contribution in [-0.2, 0) is 4.79 Å². The van der Waals surface area contributed by atoms with Crippen LogP contribution < -0.4 is 15.5 Å². The van der Waals surface area contributed by atoms with Gasteiger partial charge in [0.15, 0.2) is 0 Å². The molecule has 2 atom stereocenters. The molecule has 3 rings (SSSR count). The second-order valence-corrected chi connectivity index (χ2v) is 7.41. The first-order chi connectivity index (χ1) is 11.1. The van der Waals surface area contributed by atoms with E-state index in [0.29, 0.717) is 5.92 Å². The number of hydrogen-bond acceptors (Lipinski definition) is 4. The SMILES string of the molecule is Cc1ccnc(N2CCCC(CNC(=O)C3CCCN3)C2)c1Br. The van der Waals surface area contributed by atoms with E-state index in [-0.39, 0.29) is 11.9 Å². The molecule has 126 valence electrons. The van der Waals surface area contributed by atoms with Gasteiger partial charge in [-0.1, -0.05) is 0 Å². The maximum Gasteiger partial charge on any atom is 0.237 e. The largest absolute Gasteiger partial charge is 0.355 e. The predicted octanol–water partition coefficient (Wildman–Crippen LogP) is 2.24. The Kier molecular flexibility index (Phi) is 5.54. The van der Waals surface area contributed by atoms with Crippen molar-refractivity contribution in [3.8, 4) is 0 Å². The standard InChI is InChI=1S/C17H25BrN4O/c1-12-6-8-20-16(15(12)18)22-9-3-4-13(11-22)10-21-17(23)14-5-2-7-19-14/h6,8,13-14,19H,2-5,7,9-11H2,1H3,(H,21,23). The van der Waals surface area contributed by atoms with Gasteiger partial charge >= 0.3 is 0 Å². The Morgan fingerprint density at radius 1 is 1.48 bits per heavy atom. The van der Waals surface area contributed by atoms with Crippen LogP contribution in [0, 0.1) is 12.8 Å². The zero-order valence-electron chi connectivity index (χ0n) is 13.6. The Labute approximate surface area is 146 Å². The van der Waals surface area contributed by atoms with Crippen LogP contribution in [0.1, 0.15) is 31.2 Å². The molecule has 2 aliphatic heterocycles. The fraction of sp³-hybridized carbons (Fsp3) is 0.647. The molecule has 5 nitrogen and oxygen atoms in total. The number of aromatic nitrogens is 1. The maximum absolute atomic E-state index is 12.1. The molecule has 0 radical (unpaired) electrons. The van der Waals surface area contributed by atoms with Gasteiger partial charge in [0, 0.05) is 25.8 Å². The van der Waals surface area contributed by atoms with Crippen LogP contribution >= 0.6 is 15.9 Å². The summed E-state index contributed by atoms with van der Waals surface area (Å²) in [5, 5.41) is 6.39. The summed E-state index contributed by atoms with van der Waals surface area (Å²) in [5.41, 5.74) is 1.21. The fourth-order valence-electron chi connectivity index (χ4n) is 3.45. The molecule has 3 heterocycles. The average molecular weight is 381 g/mol. The van der Waals surface area contributed by atoms with E-state index in [1.165, 1.54) is 5.56 Å². The normalized spacial score (nSPS) is 24.7. The zero-order chi connectivity index (χ0) is 16.2. The van der Waals surface area contributed by atoms with Crippen molar-refractivity contribution in [3.05, 3.63) is 22.3 Å². The van der Waals surface area contributed by atoms with E-state index in [4.69, 9.17) is 0 Å². The molecule has 0 spiro atoms. The maximum atomic E-state index is 12.1. The minimum absolute atomic E-state index is 0.0160. The number of hydrogen-bond donors (Lipinski definition) is 2. The van der Waals surface area contributed by atoms with Gasteiger partial charge < -0.3 is 15.5 Å². The predicted molar refractivity (Wildman–Crippen MR) is 95.6 cm³/mol. The van der Waals surface area contributed by atoms with E-state index in [1.807, 2.05) is 12.3 Å². The van der Waals surface area contributed by atoms with Gasteiger partial charge in [-0.25, -0.2) is 4.98 Å². The summed E-state index contributed by atoms with van der Waals surface area (Å²) in [6.45, 7) is 5.79. The highest BCUT2D eigenvalue weighted by Crippen LogP contribution is 2.30. The number of aryl methyl sites for hydroxylation is 1. The summed E-state index contributed by atoms with van der Waals surface area (Å²) in [5.74, 6) is 1.68. The highest BCUT2D eigenvalue weighted by atomic mass is 79.9. The smallest absolute Gasteiger partial charge is 0.237 e. The molecule has 1 aromatic heterocycles. The van der Waals surface area contributed by atoms with E-state index in [2.05, 4.69) is 43.4 Å². The number of nitrogens with one attached hydrogen (secondary N) is 2. The third-order valence-corrected chi connectivity index (χ3v) is 5.80. The summed E-state index contributed by atoms with van der Waals surface area (Å²) in [7, 11) is 0. The van der Waals surface area contributed by atoms with Gasteiger partial charge in [0.1, 0.15) is 5.82 Å². The molecule has 0 saturated carbocycles. The molecular formula is C17H25BrN4O. The number of amides is 1. The van der Waals surface area contributed by atoms with Crippen molar-refractivity contribution >= 4 is 27.7 Å². The van der Waals surface area contributed by atoms with Crippen molar-refractivity contribution in [2.24, 2.45) is 5.92 Å². The monoisotopic (exact) mass is 380 g/mol. The van der Waals surface area contributed by atoms with E-state index < -0.39 is 0 Å². The van der Waals surface area contributed by atoms with Gasteiger partial charge in [0.25, 0.3) is 0 Å². The average Bonchev–Trinajstić information content (AvgIpc) is 3.10. The first kappa shape index (κ1) is 16.7. The number of piperidine rings is 1. The quantitative estimate of drug-likeness (QED) is 0.840. The molecule has 1 amide bonds. The molecule has 0 aromatic carbocycles. The van der Waals surface area contributed by atoms with Crippen molar-refractivity contribution in [1.82, 2.24) is 15.6 Å². The number of carbonyl (C=O) groups excluding carboxylic acids is 1. The van der Waals surface area contributed by atoms with Crippen LogP contribution in [-0.4, -0.2) is 43.1 Å². The zero-order valence-corrected chi connectivity index (χ0v) is 15.2. The summed E-state index contributed by atoms with van der Waals surface area (Å²) >= 11 is 3.66. The topological polar surface area (TPSA) is 57.3 Å². The molecule has 2 N–H and O–H groups in total. The van der Waals surface area contributed by atoms with Crippen molar-refractivity contribution in [2.75, 3.05) is 31.1 Å². The minimum Gasteiger partial charge on any atom is -0.355 e. The molecule has 2 aliphatic rings. The Morgan fingerprint density at radius 3 is 3.13 bits per heavy atom. The molecule has 2 fully saturated rings. The lowest BCUT2D eigenvalue weighted by Crippen LogP contribution is -2.45. The second-order valence-electron chi connectivity index (χ2n) is 6.61. The number of pyridine rings is 1. The number of anilines is 1. The molecule has 6 heteroatoms.